The Morgan fingerprint density at radius 3 is 2.67 bits per heavy atom. The van der Waals surface area contributed by atoms with Gasteiger partial charge in [-0.25, -0.2) is 0 Å². The Hall–Kier alpha value is -1.29. The first kappa shape index (κ1) is 14.6. The van der Waals surface area contributed by atoms with Crippen molar-refractivity contribution in [1.82, 2.24) is 9.47 Å². The number of aliphatic hydroxyl groups excluding tert-OH is 1. The minimum Gasteiger partial charge on any atom is -0.391 e. The molecule has 1 aliphatic heterocycles. The molecule has 4 heteroatoms. The van der Waals surface area contributed by atoms with Crippen molar-refractivity contribution in [2.75, 3.05) is 6.54 Å². The third-order valence-corrected chi connectivity index (χ3v) is 5.08. The quantitative estimate of drug-likeness (QED) is 0.930. The van der Waals surface area contributed by atoms with E-state index >= 15 is 0 Å². The Balaban J connectivity index is 1.82. The van der Waals surface area contributed by atoms with E-state index in [1.54, 1.807) is 6.92 Å². The number of amides is 1. The number of carbonyl (C=O) groups is 1. The zero-order chi connectivity index (χ0) is 14.8. The van der Waals surface area contributed by atoms with Crippen molar-refractivity contribution >= 4 is 5.91 Å². The zero-order valence-electron chi connectivity index (χ0n) is 12.9. The molecule has 1 amide bonds. The summed E-state index contributed by atoms with van der Waals surface area (Å²) in [7, 11) is 0. The standard InChI is InChI=1S/C17H26N2O2/c1-13(20)15-9-4-5-11-19(15)17(21)16-10-6-12-18(16)14-7-2-3-8-14/h6,10,12-15,20H,2-5,7-9,11H2,1H3. The van der Waals surface area contributed by atoms with Crippen molar-refractivity contribution in [3.63, 3.8) is 0 Å². The van der Waals surface area contributed by atoms with Gasteiger partial charge < -0.3 is 14.6 Å². The van der Waals surface area contributed by atoms with E-state index in [2.05, 4.69) is 4.57 Å². The highest BCUT2D eigenvalue weighted by Crippen LogP contribution is 2.31. The number of rotatable bonds is 3. The maximum atomic E-state index is 12.9. The lowest BCUT2D eigenvalue weighted by molar-refractivity contribution is 0.0271. The molecule has 2 heterocycles. The van der Waals surface area contributed by atoms with Crippen LogP contribution in [0.5, 0.6) is 0 Å². The molecule has 1 saturated carbocycles. The Kier molecular flexibility index (Phi) is 4.34. The van der Waals surface area contributed by atoms with Crippen molar-refractivity contribution in [3.8, 4) is 0 Å². The van der Waals surface area contributed by atoms with Gasteiger partial charge in [-0.15, -0.1) is 0 Å². The third-order valence-electron chi connectivity index (χ3n) is 5.08. The van der Waals surface area contributed by atoms with Gasteiger partial charge in [0, 0.05) is 18.8 Å². The highest BCUT2D eigenvalue weighted by Gasteiger charge is 2.32. The molecular formula is C17H26N2O2. The van der Waals surface area contributed by atoms with Gasteiger partial charge in [-0.1, -0.05) is 12.8 Å². The molecule has 1 N–H and O–H groups in total. The summed E-state index contributed by atoms with van der Waals surface area (Å²) in [6.45, 7) is 2.57. The van der Waals surface area contributed by atoms with E-state index in [1.165, 1.54) is 25.7 Å². The van der Waals surface area contributed by atoms with Crippen LogP contribution in [0.1, 0.15) is 68.4 Å². The van der Waals surface area contributed by atoms with Gasteiger partial charge in [-0.3, -0.25) is 4.79 Å². The fraction of sp³-hybridized carbons (Fsp3) is 0.706. The molecule has 2 fully saturated rings. The molecule has 2 atom stereocenters. The molecule has 0 spiro atoms. The summed E-state index contributed by atoms with van der Waals surface area (Å²) in [4.78, 5) is 14.8. The Morgan fingerprint density at radius 2 is 1.95 bits per heavy atom. The molecule has 3 rings (SSSR count). The van der Waals surface area contributed by atoms with Crippen molar-refractivity contribution in [1.29, 1.82) is 0 Å². The van der Waals surface area contributed by atoms with Crippen LogP contribution >= 0.6 is 0 Å². The maximum absolute atomic E-state index is 12.9. The molecule has 1 aliphatic carbocycles. The van der Waals surface area contributed by atoms with Gasteiger partial charge in [0.1, 0.15) is 5.69 Å². The highest BCUT2D eigenvalue weighted by atomic mass is 16.3. The molecular weight excluding hydrogens is 264 g/mol. The molecule has 0 bridgehead atoms. The van der Waals surface area contributed by atoms with Gasteiger partial charge in [0.25, 0.3) is 5.91 Å². The predicted molar refractivity (Wildman–Crippen MR) is 82.3 cm³/mol. The van der Waals surface area contributed by atoms with Gasteiger partial charge >= 0.3 is 0 Å². The summed E-state index contributed by atoms with van der Waals surface area (Å²) in [5.41, 5.74) is 0.800. The predicted octanol–water partition coefficient (Wildman–Crippen LogP) is 2.98. The number of hydrogen-bond acceptors (Lipinski definition) is 2. The van der Waals surface area contributed by atoms with Crippen LogP contribution in [0.3, 0.4) is 0 Å². The van der Waals surface area contributed by atoms with Gasteiger partial charge in [0.2, 0.25) is 0 Å². The number of piperidine rings is 1. The summed E-state index contributed by atoms with van der Waals surface area (Å²) in [6, 6.07) is 4.37. The van der Waals surface area contributed by atoms with E-state index in [1.807, 2.05) is 23.2 Å². The normalized spacial score (nSPS) is 25.2. The molecule has 1 aromatic heterocycles. The Morgan fingerprint density at radius 1 is 1.24 bits per heavy atom. The van der Waals surface area contributed by atoms with E-state index < -0.39 is 6.10 Å². The number of hydrogen-bond donors (Lipinski definition) is 1. The van der Waals surface area contributed by atoms with Gasteiger partial charge in [0.15, 0.2) is 0 Å². The summed E-state index contributed by atoms with van der Waals surface area (Å²) < 4.78 is 2.17. The lowest BCUT2D eigenvalue weighted by Crippen LogP contribution is -2.49. The van der Waals surface area contributed by atoms with E-state index in [0.29, 0.717) is 6.04 Å². The molecule has 2 aliphatic rings. The molecule has 116 valence electrons. The molecule has 2 unspecified atom stereocenters. The van der Waals surface area contributed by atoms with E-state index in [0.717, 1.165) is 31.5 Å². The largest absolute Gasteiger partial charge is 0.391 e. The van der Waals surface area contributed by atoms with Gasteiger partial charge in [0.05, 0.1) is 12.1 Å². The van der Waals surface area contributed by atoms with Crippen molar-refractivity contribution in [3.05, 3.63) is 24.0 Å². The molecule has 1 aromatic rings. The first-order chi connectivity index (χ1) is 10.2. The second kappa shape index (κ2) is 6.22. The Labute approximate surface area is 126 Å². The second-order valence-electron chi connectivity index (χ2n) is 6.54. The first-order valence-corrected chi connectivity index (χ1v) is 8.34. The average Bonchev–Trinajstić information content (AvgIpc) is 3.16. The van der Waals surface area contributed by atoms with E-state index in [-0.39, 0.29) is 11.9 Å². The fourth-order valence-corrected chi connectivity index (χ4v) is 3.93. The fourth-order valence-electron chi connectivity index (χ4n) is 3.93. The second-order valence-corrected chi connectivity index (χ2v) is 6.54. The number of carbonyl (C=O) groups excluding carboxylic acids is 1. The summed E-state index contributed by atoms with van der Waals surface area (Å²) in [5.74, 6) is 0.0949. The lowest BCUT2D eigenvalue weighted by Gasteiger charge is -2.37. The molecule has 0 radical (unpaired) electrons. The van der Waals surface area contributed by atoms with Crippen molar-refractivity contribution in [2.24, 2.45) is 0 Å². The average molecular weight is 290 g/mol. The van der Waals surface area contributed by atoms with Gasteiger partial charge in [-0.2, -0.15) is 0 Å². The van der Waals surface area contributed by atoms with Crippen molar-refractivity contribution < 1.29 is 9.90 Å². The third kappa shape index (κ3) is 2.86. The minimum absolute atomic E-state index is 0.0295. The summed E-state index contributed by atoms with van der Waals surface area (Å²) >= 11 is 0. The van der Waals surface area contributed by atoms with Crippen LogP contribution in [0.15, 0.2) is 18.3 Å². The number of aromatic nitrogens is 1. The monoisotopic (exact) mass is 290 g/mol. The van der Waals surface area contributed by atoms with Crippen LogP contribution in [0, 0.1) is 0 Å². The smallest absolute Gasteiger partial charge is 0.270 e. The molecule has 1 saturated heterocycles. The van der Waals surface area contributed by atoms with Crippen LogP contribution in [-0.2, 0) is 0 Å². The number of aliphatic hydroxyl groups is 1. The molecule has 4 nitrogen and oxygen atoms in total. The first-order valence-electron chi connectivity index (χ1n) is 8.34. The van der Waals surface area contributed by atoms with Crippen molar-refractivity contribution in [2.45, 2.75) is 70.1 Å². The Bertz CT molecular complexity index is 489. The van der Waals surface area contributed by atoms with Crippen LogP contribution in [-0.4, -0.2) is 39.2 Å². The summed E-state index contributed by atoms with van der Waals surface area (Å²) in [6.07, 6.45) is 9.51. The number of nitrogens with zero attached hydrogens (tertiary/aromatic N) is 2. The van der Waals surface area contributed by atoms with Crippen LogP contribution in [0.25, 0.3) is 0 Å². The number of likely N-dealkylation sites (tertiary alicyclic amines) is 1. The van der Waals surface area contributed by atoms with Crippen LogP contribution < -0.4 is 0 Å². The highest BCUT2D eigenvalue weighted by molar-refractivity contribution is 5.93. The summed E-state index contributed by atoms with van der Waals surface area (Å²) in [5, 5.41) is 9.97. The van der Waals surface area contributed by atoms with Crippen LogP contribution in [0.4, 0.5) is 0 Å². The maximum Gasteiger partial charge on any atom is 0.270 e. The SMILES string of the molecule is CC(O)C1CCCCN1C(=O)c1cccn1C1CCCC1. The lowest BCUT2D eigenvalue weighted by atomic mass is 9.97. The van der Waals surface area contributed by atoms with Gasteiger partial charge in [-0.05, 0) is 51.2 Å². The molecule has 0 aromatic carbocycles. The van der Waals surface area contributed by atoms with E-state index in [4.69, 9.17) is 0 Å². The minimum atomic E-state index is -0.454. The zero-order valence-corrected chi connectivity index (χ0v) is 12.9. The molecule has 21 heavy (non-hydrogen) atoms. The van der Waals surface area contributed by atoms with Crippen LogP contribution in [0.2, 0.25) is 0 Å². The van der Waals surface area contributed by atoms with E-state index in [9.17, 15) is 9.90 Å². The topological polar surface area (TPSA) is 45.5 Å².